The first-order chi connectivity index (χ1) is 13.8. The van der Waals surface area contributed by atoms with Crippen molar-refractivity contribution in [3.63, 3.8) is 0 Å². The number of hydrogen-bond donors (Lipinski definition) is 5. The molecular weight excluding hydrogens is 380 g/mol. The van der Waals surface area contributed by atoms with Crippen LogP contribution in [-0.4, -0.2) is 55.0 Å². The van der Waals surface area contributed by atoms with Gasteiger partial charge in [-0.25, -0.2) is 0 Å². The van der Waals surface area contributed by atoms with Gasteiger partial charge in [-0.15, -0.1) is 0 Å². The molecule has 5 N–H and O–H groups in total. The van der Waals surface area contributed by atoms with Gasteiger partial charge < -0.3 is 25.5 Å². The Kier molecular flexibility index (Phi) is 4.24. The van der Waals surface area contributed by atoms with Crippen molar-refractivity contribution in [1.82, 2.24) is 0 Å². The molecular formula is C25H32O5. The van der Waals surface area contributed by atoms with E-state index in [0.29, 0.717) is 11.1 Å². The van der Waals surface area contributed by atoms with Crippen LogP contribution in [0.2, 0.25) is 0 Å². The summed E-state index contributed by atoms with van der Waals surface area (Å²) in [5, 5.41) is 57.4. The molecule has 6 atom stereocenters. The molecule has 0 aromatic heterocycles. The van der Waals surface area contributed by atoms with E-state index in [2.05, 4.69) is 0 Å². The summed E-state index contributed by atoms with van der Waals surface area (Å²) in [5.74, 6) is 0. The van der Waals surface area contributed by atoms with E-state index in [1.807, 2.05) is 52.0 Å². The molecule has 2 saturated carbocycles. The number of fused-ring (bicyclic) bond motifs is 1. The number of rotatable bonds is 3. The van der Waals surface area contributed by atoms with Crippen LogP contribution in [0.5, 0.6) is 0 Å². The lowest BCUT2D eigenvalue weighted by Crippen LogP contribution is -3.09. The van der Waals surface area contributed by atoms with Crippen LogP contribution in [0.25, 0.3) is 0 Å². The second-order valence-electron chi connectivity index (χ2n) is 9.72. The van der Waals surface area contributed by atoms with Crippen molar-refractivity contribution in [2.24, 2.45) is 0 Å². The van der Waals surface area contributed by atoms with E-state index in [1.54, 1.807) is 26.0 Å². The van der Waals surface area contributed by atoms with Crippen molar-refractivity contribution < 1.29 is 25.5 Å². The fourth-order valence-electron chi connectivity index (χ4n) is 6.78. The van der Waals surface area contributed by atoms with E-state index in [1.165, 1.54) is 0 Å². The summed E-state index contributed by atoms with van der Waals surface area (Å²) in [6, 6.07) is 11.1. The highest BCUT2D eigenvalue weighted by atomic mass is 16.5. The fourth-order valence-corrected chi connectivity index (χ4v) is 6.78. The molecule has 0 radical (unpaired) electrons. The highest BCUT2D eigenvalue weighted by molar-refractivity contribution is 5.64. The predicted molar refractivity (Wildman–Crippen MR) is 114 cm³/mol. The van der Waals surface area contributed by atoms with Crippen LogP contribution in [0.4, 0.5) is 0 Å². The van der Waals surface area contributed by atoms with E-state index in [-0.39, 0.29) is 0 Å². The van der Waals surface area contributed by atoms with Crippen LogP contribution in [0.1, 0.15) is 47.2 Å². The Balaban J connectivity index is 2.00. The first kappa shape index (κ1) is 21.5. The zero-order valence-electron chi connectivity index (χ0n) is 18.5. The maximum atomic E-state index is 11.9. The number of aliphatic hydroxyl groups is 5. The second kappa shape index (κ2) is 5.93. The number of aliphatic hydroxyl groups excluding tert-OH is 2. The van der Waals surface area contributed by atoms with Crippen LogP contribution in [0, 0.1) is 27.7 Å². The molecule has 2 aromatic carbocycles. The van der Waals surface area contributed by atoms with Gasteiger partial charge in [0.15, 0.2) is 0 Å². The first-order valence-corrected chi connectivity index (χ1v) is 10.4. The van der Waals surface area contributed by atoms with Crippen LogP contribution < -0.4 is 0 Å². The lowest BCUT2D eigenvalue weighted by Gasteiger charge is -2.87. The largest absolute Gasteiger partial charge is 0.393 e. The Labute approximate surface area is 177 Å². The summed E-state index contributed by atoms with van der Waals surface area (Å²) < 4.78 is 0. The molecule has 2 aliphatic carbocycles. The van der Waals surface area contributed by atoms with Crippen molar-refractivity contribution in [3.05, 3.63) is 69.8 Å². The normalized spacial score (nSPS) is 42.3. The number of hydrogen-bond acceptors (Lipinski definition) is 5. The van der Waals surface area contributed by atoms with Crippen molar-refractivity contribution in [3.8, 4) is 0 Å². The average molecular weight is 413 g/mol. The third-order valence-corrected chi connectivity index (χ3v) is 8.97. The van der Waals surface area contributed by atoms with Gasteiger partial charge in [-0.2, -0.15) is 0 Å². The van der Waals surface area contributed by atoms with Crippen LogP contribution >= 0.6 is 0 Å². The molecule has 0 amide bonds. The highest BCUT2D eigenvalue weighted by Crippen LogP contribution is 2.79. The van der Waals surface area contributed by atoms with Gasteiger partial charge in [-0.05, 0) is 74.9 Å². The zero-order chi connectivity index (χ0) is 22.5. The summed E-state index contributed by atoms with van der Waals surface area (Å²) >= 11 is 0. The molecule has 2 aromatic rings. The minimum atomic E-state index is -2.15. The molecule has 0 heterocycles. The molecule has 4 rings (SSSR count). The molecule has 5 nitrogen and oxygen atoms in total. The maximum absolute atomic E-state index is 11.9. The van der Waals surface area contributed by atoms with Gasteiger partial charge in [0.25, 0.3) is 0 Å². The van der Waals surface area contributed by atoms with E-state index in [0.717, 1.165) is 22.3 Å². The Bertz CT molecular complexity index is 1040. The molecule has 0 aliphatic heterocycles. The zero-order valence-corrected chi connectivity index (χ0v) is 18.5. The molecule has 0 bridgehead atoms. The Morgan fingerprint density at radius 2 is 1.27 bits per heavy atom. The van der Waals surface area contributed by atoms with Gasteiger partial charge >= 0.3 is 0 Å². The molecule has 162 valence electrons. The Morgan fingerprint density at radius 3 is 1.77 bits per heavy atom. The Hall–Kier alpha value is -1.76. The van der Waals surface area contributed by atoms with Crippen LogP contribution in [0.3, 0.4) is 0 Å². The standard InChI is InChI=1S/C25H32O5/c1-14-9-7-11-18(16(14)3)21(5)20(27)24(29)22(6,23(28,13-26)25(21,24)30)19-12-8-10-15(2)17(19)4/h7-12,20,26-30H,13H2,1-6H3/t20?,21?,22?,23-,24+,25-/m0/s1. The SMILES string of the molecule is Cc1cccc(C2(C)C(O)[C@@]3(O)C(C)(c4cccc(C)c4C)[C@@](O)(CO)[C@@]23O)c1C. The monoisotopic (exact) mass is 412 g/mol. The molecule has 3 unspecified atom stereocenters. The molecule has 0 spiro atoms. The van der Waals surface area contributed by atoms with E-state index in [9.17, 15) is 25.5 Å². The maximum Gasteiger partial charge on any atom is 0.140 e. The summed E-state index contributed by atoms with van der Waals surface area (Å²) in [7, 11) is 0. The van der Waals surface area contributed by atoms with Crippen molar-refractivity contribution in [2.45, 2.75) is 75.3 Å². The van der Waals surface area contributed by atoms with Gasteiger partial charge in [-0.3, -0.25) is 0 Å². The van der Waals surface area contributed by atoms with Gasteiger partial charge in [0.2, 0.25) is 0 Å². The predicted octanol–water partition coefficient (Wildman–Crippen LogP) is 1.71. The van der Waals surface area contributed by atoms with Crippen molar-refractivity contribution in [1.29, 1.82) is 0 Å². The lowest BCUT2D eigenvalue weighted by atomic mass is 9.21. The minimum absolute atomic E-state index is 0.605. The third kappa shape index (κ3) is 1.73. The van der Waals surface area contributed by atoms with Crippen molar-refractivity contribution in [2.75, 3.05) is 6.61 Å². The Morgan fingerprint density at radius 1 is 0.800 bits per heavy atom. The van der Waals surface area contributed by atoms with E-state index in [4.69, 9.17) is 0 Å². The summed E-state index contributed by atoms with van der Waals surface area (Å²) in [5.41, 5.74) is -4.20. The van der Waals surface area contributed by atoms with Gasteiger partial charge in [0, 0.05) is 0 Å². The molecule has 2 aliphatic rings. The van der Waals surface area contributed by atoms with Crippen LogP contribution in [-0.2, 0) is 10.8 Å². The van der Waals surface area contributed by atoms with Crippen molar-refractivity contribution >= 4 is 0 Å². The second-order valence-corrected chi connectivity index (χ2v) is 9.72. The molecule has 2 fully saturated rings. The average Bonchev–Trinajstić information content (AvgIpc) is 2.73. The molecule has 0 saturated heterocycles. The smallest absolute Gasteiger partial charge is 0.140 e. The first-order valence-electron chi connectivity index (χ1n) is 10.4. The topological polar surface area (TPSA) is 101 Å². The lowest BCUT2D eigenvalue weighted by molar-refractivity contribution is -0.498. The van der Waals surface area contributed by atoms with Crippen LogP contribution in [0.15, 0.2) is 36.4 Å². The van der Waals surface area contributed by atoms with E-state index >= 15 is 0 Å². The minimum Gasteiger partial charge on any atom is -0.393 e. The van der Waals surface area contributed by atoms with Gasteiger partial charge in [-0.1, -0.05) is 36.4 Å². The quantitative estimate of drug-likeness (QED) is 0.528. The summed E-state index contributed by atoms with van der Waals surface area (Å²) in [6.45, 7) is 10.1. The molecule has 5 heteroatoms. The summed E-state index contributed by atoms with van der Waals surface area (Å²) in [4.78, 5) is 0. The molecule has 30 heavy (non-hydrogen) atoms. The van der Waals surface area contributed by atoms with Gasteiger partial charge in [0.1, 0.15) is 16.8 Å². The third-order valence-electron chi connectivity index (χ3n) is 8.97. The number of benzene rings is 2. The number of aryl methyl sites for hydroxylation is 2. The fraction of sp³-hybridized carbons (Fsp3) is 0.520. The van der Waals surface area contributed by atoms with E-state index < -0.39 is 40.3 Å². The highest BCUT2D eigenvalue weighted by Gasteiger charge is 3.00. The summed E-state index contributed by atoms with van der Waals surface area (Å²) in [6.07, 6.45) is -1.35. The van der Waals surface area contributed by atoms with Gasteiger partial charge in [0.05, 0.1) is 23.5 Å².